The van der Waals surface area contributed by atoms with Crippen molar-refractivity contribution >= 4 is 23.4 Å². The highest BCUT2D eigenvalue weighted by molar-refractivity contribution is 6.24. The monoisotopic (exact) mass is 346 g/mol. The molecule has 8 heteroatoms. The molecule has 1 aromatic carbocycles. The molecule has 2 unspecified atom stereocenters. The lowest BCUT2D eigenvalue weighted by atomic mass is 10.0. The summed E-state index contributed by atoms with van der Waals surface area (Å²) >= 11 is 0. The fraction of sp³-hybridized carbons (Fsp3) is 0.471. The van der Waals surface area contributed by atoms with Gasteiger partial charge in [-0.1, -0.05) is 6.07 Å². The third kappa shape index (κ3) is 3.22. The summed E-state index contributed by atoms with van der Waals surface area (Å²) in [5.41, 5.74) is 6.72. The molecule has 1 fully saturated rings. The van der Waals surface area contributed by atoms with Crippen LogP contribution in [0.4, 0.5) is 5.69 Å². The van der Waals surface area contributed by atoms with Crippen LogP contribution in [0.3, 0.4) is 0 Å². The van der Waals surface area contributed by atoms with Gasteiger partial charge in [0.25, 0.3) is 11.8 Å². The van der Waals surface area contributed by atoms with E-state index in [1.807, 2.05) is 0 Å². The van der Waals surface area contributed by atoms with Crippen molar-refractivity contribution in [1.82, 2.24) is 10.2 Å². The molecule has 2 atom stereocenters. The zero-order valence-electron chi connectivity index (χ0n) is 13.8. The number of unbranched alkanes of at least 4 members (excludes halogenated alkanes) is 1. The van der Waals surface area contributed by atoms with Crippen LogP contribution in [0.1, 0.15) is 46.4 Å². The molecule has 0 saturated carbocycles. The van der Waals surface area contributed by atoms with E-state index in [1.54, 1.807) is 18.2 Å². The van der Waals surface area contributed by atoms with Crippen LogP contribution in [-0.4, -0.2) is 53.1 Å². The quantitative estimate of drug-likeness (QED) is 0.425. The number of nitrogens with one attached hydrogen (secondary N) is 2. The minimum atomic E-state index is -1.25. The average molecular weight is 346 g/mol. The maximum absolute atomic E-state index is 12.9. The maximum Gasteiger partial charge on any atom is 0.264 e. The number of aliphatic hydroxyl groups excluding tert-OH is 1. The molecule has 2 aliphatic rings. The van der Waals surface area contributed by atoms with Crippen molar-refractivity contribution in [3.63, 3.8) is 0 Å². The molecule has 1 aromatic rings. The number of nitrogens with zero attached hydrogens (tertiary/aromatic N) is 1. The highest BCUT2D eigenvalue weighted by Crippen LogP contribution is 2.32. The number of rotatable bonds is 6. The molecule has 8 nitrogen and oxygen atoms in total. The Morgan fingerprint density at radius 3 is 2.76 bits per heavy atom. The van der Waals surface area contributed by atoms with Gasteiger partial charge in [-0.3, -0.25) is 19.3 Å². The highest BCUT2D eigenvalue weighted by atomic mass is 16.3. The fourth-order valence-corrected chi connectivity index (χ4v) is 3.28. The number of carbonyl (C=O) groups is 3. The van der Waals surface area contributed by atoms with Crippen molar-refractivity contribution in [2.24, 2.45) is 5.73 Å². The molecular formula is C17H22N4O4. The molecule has 0 aromatic heterocycles. The van der Waals surface area contributed by atoms with Crippen molar-refractivity contribution < 1.29 is 19.5 Å². The number of imide groups is 1. The van der Waals surface area contributed by atoms with Gasteiger partial charge in [-0.25, -0.2) is 0 Å². The van der Waals surface area contributed by atoms with E-state index in [4.69, 9.17) is 5.73 Å². The number of piperidine rings is 1. The van der Waals surface area contributed by atoms with Crippen LogP contribution in [-0.2, 0) is 4.79 Å². The van der Waals surface area contributed by atoms with Crippen LogP contribution in [0.2, 0.25) is 0 Å². The normalized spacial score (nSPS) is 22.8. The molecule has 0 bridgehead atoms. The van der Waals surface area contributed by atoms with Crippen LogP contribution in [0.15, 0.2) is 18.2 Å². The van der Waals surface area contributed by atoms with E-state index in [0.29, 0.717) is 29.9 Å². The number of hydrogen-bond donors (Lipinski definition) is 4. The van der Waals surface area contributed by atoms with E-state index >= 15 is 0 Å². The predicted molar refractivity (Wildman–Crippen MR) is 90.9 cm³/mol. The van der Waals surface area contributed by atoms with Gasteiger partial charge < -0.3 is 21.5 Å². The Labute approximate surface area is 145 Å². The van der Waals surface area contributed by atoms with Crippen LogP contribution in [0.25, 0.3) is 0 Å². The smallest absolute Gasteiger partial charge is 0.264 e. The minimum Gasteiger partial charge on any atom is -0.384 e. The first-order chi connectivity index (χ1) is 12.0. The molecule has 3 rings (SSSR count). The Morgan fingerprint density at radius 1 is 1.24 bits per heavy atom. The standard InChI is InChI=1S/C17H22N4O4/c18-8-1-2-9-19-11-5-3-4-10-14(11)17(25)21(16(10)24)12-6-7-13(22)20-15(12)23/h3-5,12,15,19,23H,1-2,6-9,18H2,(H,20,22). The van der Waals surface area contributed by atoms with E-state index in [9.17, 15) is 19.5 Å². The Bertz CT molecular complexity index is 706. The molecule has 3 amide bonds. The first-order valence-corrected chi connectivity index (χ1v) is 8.47. The topological polar surface area (TPSA) is 125 Å². The Kier molecular flexibility index (Phi) is 5.00. The number of benzene rings is 1. The zero-order chi connectivity index (χ0) is 18.0. The van der Waals surface area contributed by atoms with Crippen molar-refractivity contribution in [2.45, 2.75) is 38.0 Å². The maximum atomic E-state index is 12.9. The number of carbonyl (C=O) groups excluding carboxylic acids is 3. The molecule has 2 aliphatic heterocycles. The van der Waals surface area contributed by atoms with Gasteiger partial charge in [-0.15, -0.1) is 0 Å². The largest absolute Gasteiger partial charge is 0.384 e. The first-order valence-electron chi connectivity index (χ1n) is 8.47. The van der Waals surface area contributed by atoms with E-state index in [-0.39, 0.29) is 18.7 Å². The van der Waals surface area contributed by atoms with Gasteiger partial charge in [-0.2, -0.15) is 0 Å². The van der Waals surface area contributed by atoms with Gasteiger partial charge in [0, 0.05) is 18.7 Å². The Balaban J connectivity index is 1.83. The third-order valence-corrected chi connectivity index (χ3v) is 4.56. The summed E-state index contributed by atoms with van der Waals surface area (Å²) in [5, 5.41) is 15.6. The van der Waals surface area contributed by atoms with Crippen molar-refractivity contribution in [3.05, 3.63) is 29.3 Å². The summed E-state index contributed by atoms with van der Waals surface area (Å²) in [6, 6.07) is 4.33. The lowest BCUT2D eigenvalue weighted by molar-refractivity contribution is -0.129. The van der Waals surface area contributed by atoms with Crippen LogP contribution >= 0.6 is 0 Å². The van der Waals surface area contributed by atoms with E-state index < -0.39 is 24.1 Å². The van der Waals surface area contributed by atoms with Gasteiger partial charge in [0.2, 0.25) is 5.91 Å². The van der Waals surface area contributed by atoms with Gasteiger partial charge in [0.1, 0.15) is 6.23 Å². The number of fused-ring (bicyclic) bond motifs is 1. The Morgan fingerprint density at radius 2 is 2.04 bits per heavy atom. The molecule has 0 radical (unpaired) electrons. The second kappa shape index (κ2) is 7.20. The molecule has 134 valence electrons. The molecular weight excluding hydrogens is 324 g/mol. The highest BCUT2D eigenvalue weighted by Gasteiger charge is 2.45. The summed E-state index contributed by atoms with van der Waals surface area (Å²) in [7, 11) is 0. The SMILES string of the molecule is NCCCCNc1cccc2c1C(=O)N(C1CCC(=O)NC1O)C2=O. The fourth-order valence-electron chi connectivity index (χ4n) is 3.28. The first kappa shape index (κ1) is 17.4. The molecule has 1 saturated heterocycles. The van der Waals surface area contributed by atoms with Crippen molar-refractivity contribution in [2.75, 3.05) is 18.4 Å². The molecule has 0 aliphatic carbocycles. The molecule has 5 N–H and O–H groups in total. The number of amides is 3. The van der Waals surface area contributed by atoms with Gasteiger partial charge >= 0.3 is 0 Å². The summed E-state index contributed by atoms with van der Waals surface area (Å²) in [6.45, 7) is 1.25. The average Bonchev–Trinajstić information content (AvgIpc) is 2.84. The van der Waals surface area contributed by atoms with E-state index in [1.165, 1.54) is 0 Å². The van der Waals surface area contributed by atoms with E-state index in [0.717, 1.165) is 17.7 Å². The lowest BCUT2D eigenvalue weighted by Gasteiger charge is -2.33. The summed E-state index contributed by atoms with van der Waals surface area (Å²) in [6.07, 6.45) is 0.898. The second-order valence-corrected chi connectivity index (χ2v) is 6.25. The van der Waals surface area contributed by atoms with Gasteiger partial charge in [-0.05, 0) is 37.9 Å². The lowest BCUT2D eigenvalue weighted by Crippen LogP contribution is -2.57. The summed E-state index contributed by atoms with van der Waals surface area (Å²) in [4.78, 5) is 38.0. The second-order valence-electron chi connectivity index (χ2n) is 6.25. The molecule has 25 heavy (non-hydrogen) atoms. The minimum absolute atomic E-state index is 0.166. The third-order valence-electron chi connectivity index (χ3n) is 4.56. The Hall–Kier alpha value is -2.45. The zero-order valence-corrected chi connectivity index (χ0v) is 13.8. The van der Waals surface area contributed by atoms with E-state index in [2.05, 4.69) is 10.6 Å². The predicted octanol–water partition coefficient (Wildman–Crippen LogP) is 0.0304. The molecule has 0 spiro atoms. The van der Waals surface area contributed by atoms with Gasteiger partial charge in [0.05, 0.1) is 17.2 Å². The number of aliphatic hydroxyl groups is 1. The van der Waals surface area contributed by atoms with Crippen LogP contribution in [0, 0.1) is 0 Å². The number of anilines is 1. The van der Waals surface area contributed by atoms with Gasteiger partial charge in [0.15, 0.2) is 0 Å². The number of hydrogen-bond acceptors (Lipinski definition) is 6. The van der Waals surface area contributed by atoms with Crippen LogP contribution < -0.4 is 16.4 Å². The van der Waals surface area contributed by atoms with Crippen LogP contribution in [0.5, 0.6) is 0 Å². The summed E-state index contributed by atoms with van der Waals surface area (Å²) < 4.78 is 0. The number of nitrogens with two attached hydrogens (primary N) is 1. The molecule has 2 heterocycles. The summed E-state index contributed by atoms with van der Waals surface area (Å²) in [5.74, 6) is -1.17. The van der Waals surface area contributed by atoms with Crippen molar-refractivity contribution in [3.8, 4) is 0 Å². The van der Waals surface area contributed by atoms with Crippen molar-refractivity contribution in [1.29, 1.82) is 0 Å².